The lowest BCUT2D eigenvalue weighted by Crippen LogP contribution is -2.31. The van der Waals surface area contributed by atoms with Gasteiger partial charge in [-0.1, -0.05) is 30.3 Å². The zero-order valence-electron chi connectivity index (χ0n) is 15.9. The van der Waals surface area contributed by atoms with E-state index >= 15 is 0 Å². The van der Waals surface area contributed by atoms with Gasteiger partial charge in [-0.3, -0.25) is 14.4 Å². The van der Waals surface area contributed by atoms with Gasteiger partial charge >= 0.3 is 5.97 Å². The third kappa shape index (κ3) is 5.25. The lowest BCUT2D eigenvalue weighted by molar-refractivity contribution is -0.151. The molecule has 8 heteroatoms. The number of likely N-dealkylation sites (N-methyl/N-ethyl adjacent to an activating group) is 1. The van der Waals surface area contributed by atoms with E-state index in [-0.39, 0.29) is 24.9 Å². The molecule has 1 N–H and O–H groups in total. The number of para-hydroxylation sites is 1. The van der Waals surface area contributed by atoms with Gasteiger partial charge < -0.3 is 14.6 Å². The molecule has 3 rings (SSSR count). The molecule has 0 spiro atoms. The lowest BCUT2D eigenvalue weighted by atomic mass is 10.2. The fourth-order valence-electron chi connectivity index (χ4n) is 2.77. The van der Waals surface area contributed by atoms with E-state index in [0.29, 0.717) is 22.3 Å². The minimum Gasteiger partial charge on any atom is -0.456 e. The van der Waals surface area contributed by atoms with Crippen LogP contribution in [-0.4, -0.2) is 40.4 Å². The highest BCUT2D eigenvalue weighted by Crippen LogP contribution is 2.09. The molecule has 1 aromatic heterocycles. The highest BCUT2D eigenvalue weighted by atomic mass is 19.1. The van der Waals surface area contributed by atoms with Crippen LogP contribution in [0.1, 0.15) is 17.8 Å². The fourth-order valence-corrected chi connectivity index (χ4v) is 2.77. The number of carbonyl (C=O) groups excluding carboxylic acids is 2. The summed E-state index contributed by atoms with van der Waals surface area (Å²) in [6.07, 6.45) is 0.143. The quantitative estimate of drug-likeness (QED) is 0.617. The van der Waals surface area contributed by atoms with Crippen LogP contribution in [0, 0.1) is 5.82 Å². The van der Waals surface area contributed by atoms with Crippen molar-refractivity contribution < 1.29 is 18.7 Å². The summed E-state index contributed by atoms with van der Waals surface area (Å²) in [6, 6.07) is 13.1. The van der Waals surface area contributed by atoms with Gasteiger partial charge in [0.05, 0.1) is 17.3 Å². The third-order valence-electron chi connectivity index (χ3n) is 4.38. The lowest BCUT2D eigenvalue weighted by Gasteiger charge is -2.17. The Kier molecular flexibility index (Phi) is 6.33. The molecular weight excluding hydrogens is 377 g/mol. The molecule has 2 aromatic carbocycles. The Morgan fingerprint density at radius 2 is 1.86 bits per heavy atom. The van der Waals surface area contributed by atoms with Crippen LogP contribution in [0.5, 0.6) is 0 Å². The van der Waals surface area contributed by atoms with Gasteiger partial charge in [0.25, 0.3) is 11.5 Å². The number of hydrogen-bond acceptors (Lipinski definition) is 5. The first kappa shape index (κ1) is 20.2. The molecule has 0 radical (unpaired) electrons. The molecule has 1 amide bonds. The number of nitrogens with zero attached hydrogens (tertiary/aromatic N) is 2. The minimum atomic E-state index is -0.589. The van der Waals surface area contributed by atoms with Crippen LogP contribution < -0.4 is 5.56 Å². The largest absolute Gasteiger partial charge is 0.456 e. The summed E-state index contributed by atoms with van der Waals surface area (Å²) in [5.74, 6) is -1.07. The third-order valence-corrected chi connectivity index (χ3v) is 4.38. The van der Waals surface area contributed by atoms with E-state index in [2.05, 4.69) is 9.97 Å². The van der Waals surface area contributed by atoms with Crippen LogP contribution in [0.2, 0.25) is 0 Å². The van der Waals surface area contributed by atoms with Crippen molar-refractivity contribution in [3.63, 3.8) is 0 Å². The number of aromatic nitrogens is 2. The number of nitrogens with one attached hydrogen (secondary N) is 1. The summed E-state index contributed by atoms with van der Waals surface area (Å²) in [5.41, 5.74) is 0.648. The maximum atomic E-state index is 13.7. The van der Waals surface area contributed by atoms with Gasteiger partial charge in [-0.05, 0) is 18.2 Å². The number of rotatable bonds is 7. The summed E-state index contributed by atoms with van der Waals surface area (Å²) < 4.78 is 18.6. The van der Waals surface area contributed by atoms with Crippen molar-refractivity contribution in [3.05, 3.63) is 76.1 Å². The van der Waals surface area contributed by atoms with Gasteiger partial charge in [0, 0.05) is 25.6 Å². The molecule has 7 nitrogen and oxygen atoms in total. The fraction of sp³-hybridized carbons (Fsp3) is 0.238. The van der Waals surface area contributed by atoms with Crippen LogP contribution in [0.4, 0.5) is 4.39 Å². The molecule has 150 valence electrons. The normalized spacial score (nSPS) is 10.7. The van der Waals surface area contributed by atoms with Gasteiger partial charge in [0.15, 0.2) is 6.61 Å². The Labute approximate surface area is 166 Å². The molecule has 0 saturated heterocycles. The second-order valence-corrected chi connectivity index (χ2v) is 6.53. The first-order chi connectivity index (χ1) is 13.9. The molecular formula is C21H20FN3O4. The Hall–Kier alpha value is -3.55. The predicted octanol–water partition coefficient (Wildman–Crippen LogP) is 2.20. The number of benzene rings is 2. The van der Waals surface area contributed by atoms with E-state index < -0.39 is 24.3 Å². The molecule has 0 aliphatic heterocycles. The number of aryl methyl sites for hydroxylation is 1. The van der Waals surface area contributed by atoms with Crippen LogP contribution in [0.15, 0.2) is 53.3 Å². The molecule has 0 fully saturated rings. The number of halogens is 1. The number of amides is 1. The topological polar surface area (TPSA) is 92.4 Å². The van der Waals surface area contributed by atoms with Gasteiger partial charge in [0.2, 0.25) is 0 Å². The Morgan fingerprint density at radius 1 is 1.14 bits per heavy atom. The van der Waals surface area contributed by atoms with Crippen LogP contribution >= 0.6 is 0 Å². The van der Waals surface area contributed by atoms with Crippen molar-refractivity contribution in [3.8, 4) is 0 Å². The van der Waals surface area contributed by atoms with Crippen molar-refractivity contribution >= 4 is 22.8 Å². The zero-order chi connectivity index (χ0) is 20.8. The first-order valence-electron chi connectivity index (χ1n) is 9.05. The highest BCUT2D eigenvalue weighted by molar-refractivity contribution is 5.80. The average Bonchev–Trinajstić information content (AvgIpc) is 2.72. The molecule has 1 heterocycles. The van der Waals surface area contributed by atoms with Crippen molar-refractivity contribution in [1.29, 1.82) is 0 Å². The van der Waals surface area contributed by atoms with Crippen LogP contribution in [-0.2, 0) is 27.3 Å². The number of esters is 1. The van der Waals surface area contributed by atoms with E-state index in [1.165, 1.54) is 18.0 Å². The van der Waals surface area contributed by atoms with E-state index in [4.69, 9.17) is 4.74 Å². The van der Waals surface area contributed by atoms with Gasteiger partial charge in [-0.2, -0.15) is 0 Å². The number of ether oxygens (including phenoxy) is 1. The minimum absolute atomic E-state index is 0.0361. The zero-order valence-corrected chi connectivity index (χ0v) is 15.9. The summed E-state index contributed by atoms with van der Waals surface area (Å²) in [4.78, 5) is 44.3. The second-order valence-electron chi connectivity index (χ2n) is 6.53. The van der Waals surface area contributed by atoms with Crippen LogP contribution in [0.3, 0.4) is 0 Å². The molecule has 0 unspecified atom stereocenters. The van der Waals surface area contributed by atoms with E-state index in [1.54, 1.807) is 42.5 Å². The maximum Gasteiger partial charge on any atom is 0.306 e. The Bertz CT molecular complexity index is 1100. The highest BCUT2D eigenvalue weighted by Gasteiger charge is 2.14. The molecule has 3 aromatic rings. The van der Waals surface area contributed by atoms with E-state index in [9.17, 15) is 18.8 Å². The van der Waals surface area contributed by atoms with Crippen LogP contribution in [0.25, 0.3) is 10.9 Å². The van der Waals surface area contributed by atoms with Crippen molar-refractivity contribution in [2.24, 2.45) is 0 Å². The maximum absolute atomic E-state index is 13.7. The van der Waals surface area contributed by atoms with Gasteiger partial charge in [-0.25, -0.2) is 9.37 Å². The number of H-pyrrole nitrogens is 1. The summed E-state index contributed by atoms with van der Waals surface area (Å²) >= 11 is 0. The Balaban J connectivity index is 1.49. The number of fused-ring (bicyclic) bond motifs is 1. The molecule has 0 atom stereocenters. The molecule has 0 saturated carbocycles. The predicted molar refractivity (Wildman–Crippen MR) is 105 cm³/mol. The van der Waals surface area contributed by atoms with E-state index in [1.807, 2.05) is 0 Å². The standard InChI is InChI=1S/C21H20FN3O4/c1-25(12-14-6-2-4-8-16(14)22)19(26)13-29-20(27)11-10-18-23-17-9-5-3-7-15(17)21(28)24-18/h2-9H,10-13H2,1H3,(H,23,24,28). The molecule has 0 bridgehead atoms. The first-order valence-corrected chi connectivity index (χ1v) is 9.05. The summed E-state index contributed by atoms with van der Waals surface area (Å²) in [7, 11) is 1.51. The Morgan fingerprint density at radius 3 is 2.66 bits per heavy atom. The summed E-state index contributed by atoms with van der Waals surface area (Å²) in [6.45, 7) is -0.364. The van der Waals surface area contributed by atoms with Crippen molar-refractivity contribution in [2.45, 2.75) is 19.4 Å². The monoisotopic (exact) mass is 397 g/mol. The van der Waals surface area contributed by atoms with Gasteiger partial charge in [-0.15, -0.1) is 0 Å². The SMILES string of the molecule is CN(Cc1ccccc1F)C(=O)COC(=O)CCc1nc2ccccc2c(=O)[nH]1. The number of hydrogen-bond donors (Lipinski definition) is 1. The number of aromatic amines is 1. The molecule has 0 aliphatic carbocycles. The van der Waals surface area contributed by atoms with E-state index in [0.717, 1.165) is 0 Å². The molecule has 29 heavy (non-hydrogen) atoms. The number of carbonyl (C=O) groups is 2. The smallest absolute Gasteiger partial charge is 0.306 e. The van der Waals surface area contributed by atoms with Crippen molar-refractivity contribution in [1.82, 2.24) is 14.9 Å². The second kappa shape index (κ2) is 9.09. The van der Waals surface area contributed by atoms with Crippen molar-refractivity contribution in [2.75, 3.05) is 13.7 Å². The average molecular weight is 397 g/mol. The van der Waals surface area contributed by atoms with Gasteiger partial charge in [0.1, 0.15) is 11.6 Å². The molecule has 0 aliphatic rings. The summed E-state index contributed by atoms with van der Waals surface area (Å²) in [5, 5.41) is 0.474.